The normalized spacial score (nSPS) is 11.8. The first-order chi connectivity index (χ1) is 9.53. The molecule has 0 unspecified atom stereocenters. The van der Waals surface area contributed by atoms with Crippen molar-refractivity contribution in [3.05, 3.63) is 48.9 Å². The summed E-state index contributed by atoms with van der Waals surface area (Å²) < 4.78 is 45.9. The maximum Gasteiger partial charge on any atom is 0.573 e. The lowest BCUT2D eigenvalue weighted by Crippen LogP contribution is -2.17. The SMILES string of the molecule is FC(F)(F)Oc1cccc(-c2coc3cccnc23)c1. The molecular weight excluding hydrogens is 271 g/mol. The van der Waals surface area contributed by atoms with Gasteiger partial charge in [-0.15, -0.1) is 13.2 Å². The predicted molar refractivity (Wildman–Crippen MR) is 66.1 cm³/mol. The third kappa shape index (κ3) is 2.45. The first-order valence-electron chi connectivity index (χ1n) is 5.71. The molecule has 0 aliphatic rings. The van der Waals surface area contributed by atoms with Crippen LogP contribution in [0.15, 0.2) is 53.3 Å². The van der Waals surface area contributed by atoms with Gasteiger partial charge in [0.1, 0.15) is 17.5 Å². The number of halogens is 3. The van der Waals surface area contributed by atoms with Gasteiger partial charge in [-0.1, -0.05) is 12.1 Å². The number of ether oxygens (including phenoxy) is 1. The monoisotopic (exact) mass is 279 g/mol. The molecule has 2 aromatic heterocycles. The predicted octanol–water partition coefficient (Wildman–Crippen LogP) is 4.39. The molecule has 0 bridgehead atoms. The van der Waals surface area contributed by atoms with E-state index in [-0.39, 0.29) is 5.75 Å². The van der Waals surface area contributed by atoms with Crippen LogP contribution in [0.2, 0.25) is 0 Å². The molecule has 2 heterocycles. The van der Waals surface area contributed by atoms with E-state index in [0.717, 1.165) is 0 Å². The molecule has 6 heteroatoms. The molecule has 0 aliphatic heterocycles. The summed E-state index contributed by atoms with van der Waals surface area (Å²) in [7, 11) is 0. The molecule has 0 amide bonds. The van der Waals surface area contributed by atoms with E-state index in [0.29, 0.717) is 22.2 Å². The Morgan fingerprint density at radius 3 is 2.75 bits per heavy atom. The zero-order valence-electron chi connectivity index (χ0n) is 10.0. The largest absolute Gasteiger partial charge is 0.573 e. The van der Waals surface area contributed by atoms with Gasteiger partial charge in [0.15, 0.2) is 5.58 Å². The summed E-state index contributed by atoms with van der Waals surface area (Å²) >= 11 is 0. The van der Waals surface area contributed by atoms with E-state index in [4.69, 9.17) is 4.42 Å². The third-order valence-electron chi connectivity index (χ3n) is 2.71. The number of fused-ring (bicyclic) bond motifs is 1. The minimum atomic E-state index is -4.71. The van der Waals surface area contributed by atoms with Gasteiger partial charge in [-0.25, -0.2) is 0 Å². The van der Waals surface area contributed by atoms with Crippen LogP contribution in [0.1, 0.15) is 0 Å². The van der Waals surface area contributed by atoms with Crippen LogP contribution in [-0.4, -0.2) is 11.3 Å². The van der Waals surface area contributed by atoms with Crippen molar-refractivity contribution in [3.63, 3.8) is 0 Å². The van der Waals surface area contributed by atoms with Gasteiger partial charge in [-0.2, -0.15) is 0 Å². The molecule has 0 fully saturated rings. The van der Waals surface area contributed by atoms with Crippen molar-refractivity contribution in [2.75, 3.05) is 0 Å². The van der Waals surface area contributed by atoms with E-state index in [1.165, 1.54) is 24.5 Å². The van der Waals surface area contributed by atoms with Gasteiger partial charge in [0.05, 0.1) is 0 Å². The summed E-state index contributed by atoms with van der Waals surface area (Å²) in [6.07, 6.45) is -1.66. The zero-order valence-corrected chi connectivity index (χ0v) is 10.0. The molecule has 0 aliphatic carbocycles. The number of alkyl halides is 3. The van der Waals surface area contributed by atoms with Crippen molar-refractivity contribution >= 4 is 11.1 Å². The van der Waals surface area contributed by atoms with Crippen LogP contribution in [-0.2, 0) is 0 Å². The minimum absolute atomic E-state index is 0.278. The van der Waals surface area contributed by atoms with Gasteiger partial charge in [0, 0.05) is 11.8 Å². The molecule has 0 spiro atoms. The quantitative estimate of drug-likeness (QED) is 0.697. The maximum absolute atomic E-state index is 12.2. The van der Waals surface area contributed by atoms with Crippen LogP contribution in [0.4, 0.5) is 13.2 Å². The second-order valence-corrected chi connectivity index (χ2v) is 4.08. The Morgan fingerprint density at radius 1 is 1.10 bits per heavy atom. The lowest BCUT2D eigenvalue weighted by molar-refractivity contribution is -0.274. The highest BCUT2D eigenvalue weighted by molar-refractivity contribution is 5.90. The Hall–Kier alpha value is -2.50. The Kier molecular flexibility index (Phi) is 2.85. The molecule has 102 valence electrons. The van der Waals surface area contributed by atoms with Gasteiger partial charge in [-0.05, 0) is 29.8 Å². The topological polar surface area (TPSA) is 35.3 Å². The fourth-order valence-corrected chi connectivity index (χ4v) is 1.93. The fourth-order valence-electron chi connectivity index (χ4n) is 1.93. The summed E-state index contributed by atoms with van der Waals surface area (Å²) in [5.41, 5.74) is 2.33. The van der Waals surface area contributed by atoms with E-state index in [9.17, 15) is 13.2 Å². The Labute approximate surface area is 111 Å². The number of aromatic nitrogens is 1. The van der Waals surface area contributed by atoms with Crippen LogP contribution in [0, 0.1) is 0 Å². The van der Waals surface area contributed by atoms with Crippen molar-refractivity contribution in [1.29, 1.82) is 0 Å². The van der Waals surface area contributed by atoms with Crippen LogP contribution in [0.5, 0.6) is 5.75 Å². The first-order valence-corrected chi connectivity index (χ1v) is 5.71. The van der Waals surface area contributed by atoms with E-state index in [2.05, 4.69) is 9.72 Å². The smallest absolute Gasteiger partial charge is 0.462 e. The van der Waals surface area contributed by atoms with Gasteiger partial charge < -0.3 is 9.15 Å². The van der Waals surface area contributed by atoms with E-state index in [1.54, 1.807) is 24.4 Å². The summed E-state index contributed by atoms with van der Waals surface area (Å²) in [6, 6.07) is 9.15. The number of nitrogens with zero attached hydrogens (tertiary/aromatic N) is 1. The highest BCUT2D eigenvalue weighted by Crippen LogP contribution is 2.32. The average Bonchev–Trinajstić information content (AvgIpc) is 2.81. The Morgan fingerprint density at radius 2 is 1.95 bits per heavy atom. The second-order valence-electron chi connectivity index (χ2n) is 4.08. The molecule has 20 heavy (non-hydrogen) atoms. The maximum atomic E-state index is 12.2. The lowest BCUT2D eigenvalue weighted by atomic mass is 10.1. The molecule has 3 nitrogen and oxygen atoms in total. The van der Waals surface area contributed by atoms with E-state index < -0.39 is 6.36 Å². The van der Waals surface area contributed by atoms with Crippen molar-refractivity contribution in [1.82, 2.24) is 4.98 Å². The van der Waals surface area contributed by atoms with Gasteiger partial charge in [-0.3, -0.25) is 4.98 Å². The molecule has 0 saturated heterocycles. The van der Waals surface area contributed by atoms with Crippen LogP contribution < -0.4 is 4.74 Å². The minimum Gasteiger partial charge on any atom is -0.462 e. The molecule has 1 aromatic carbocycles. The lowest BCUT2D eigenvalue weighted by Gasteiger charge is -2.09. The van der Waals surface area contributed by atoms with Gasteiger partial charge in [0.25, 0.3) is 0 Å². The van der Waals surface area contributed by atoms with Crippen molar-refractivity contribution in [2.24, 2.45) is 0 Å². The van der Waals surface area contributed by atoms with Crippen molar-refractivity contribution in [3.8, 4) is 16.9 Å². The zero-order chi connectivity index (χ0) is 14.2. The molecule has 0 N–H and O–H groups in total. The second kappa shape index (κ2) is 4.56. The summed E-state index contributed by atoms with van der Waals surface area (Å²) in [5.74, 6) is -0.278. The van der Waals surface area contributed by atoms with Gasteiger partial charge in [0.2, 0.25) is 0 Å². The van der Waals surface area contributed by atoms with Crippen LogP contribution >= 0.6 is 0 Å². The third-order valence-corrected chi connectivity index (χ3v) is 2.71. The van der Waals surface area contributed by atoms with Crippen LogP contribution in [0.3, 0.4) is 0 Å². The molecule has 0 radical (unpaired) electrons. The van der Waals surface area contributed by atoms with Crippen molar-refractivity contribution in [2.45, 2.75) is 6.36 Å². The summed E-state index contributed by atoms with van der Waals surface area (Å²) in [4.78, 5) is 4.17. The number of furan rings is 1. The van der Waals surface area contributed by atoms with E-state index in [1.807, 2.05) is 0 Å². The fraction of sp³-hybridized carbons (Fsp3) is 0.0714. The number of hydrogen-bond acceptors (Lipinski definition) is 3. The van der Waals surface area contributed by atoms with E-state index >= 15 is 0 Å². The highest BCUT2D eigenvalue weighted by atomic mass is 19.4. The number of pyridine rings is 1. The summed E-state index contributed by atoms with van der Waals surface area (Å²) in [6.45, 7) is 0. The average molecular weight is 279 g/mol. The summed E-state index contributed by atoms with van der Waals surface area (Å²) in [5, 5.41) is 0. The molecule has 0 saturated carbocycles. The molecule has 3 rings (SSSR count). The molecule has 3 aromatic rings. The van der Waals surface area contributed by atoms with Crippen molar-refractivity contribution < 1.29 is 22.3 Å². The number of rotatable bonds is 2. The van der Waals surface area contributed by atoms with Gasteiger partial charge >= 0.3 is 6.36 Å². The Bertz CT molecular complexity index is 749. The Balaban J connectivity index is 2.04. The standard InChI is InChI=1S/C14H8F3NO2/c15-14(16,17)20-10-4-1-3-9(7-10)11-8-19-12-5-2-6-18-13(11)12/h1-8H. The number of benzene rings is 1. The molecular formula is C14H8F3NO2. The first kappa shape index (κ1) is 12.5. The number of hydrogen-bond donors (Lipinski definition) is 0. The van der Waals surface area contributed by atoms with Crippen LogP contribution in [0.25, 0.3) is 22.2 Å². The molecule has 0 atom stereocenters. The highest BCUT2D eigenvalue weighted by Gasteiger charge is 2.31.